The average molecular weight is 314 g/mol. The number of halogens is 1. The predicted molar refractivity (Wildman–Crippen MR) is 86.5 cm³/mol. The summed E-state index contributed by atoms with van der Waals surface area (Å²) in [6.45, 7) is 2.10. The van der Waals surface area contributed by atoms with Gasteiger partial charge in [-0.3, -0.25) is 4.79 Å². The molecule has 0 aliphatic rings. The van der Waals surface area contributed by atoms with Crippen LogP contribution in [0.1, 0.15) is 22.8 Å². The molecule has 3 aromatic rings. The summed E-state index contributed by atoms with van der Waals surface area (Å²) in [5, 5.41) is 0. The van der Waals surface area contributed by atoms with E-state index in [0.717, 1.165) is 16.6 Å². The molecule has 1 aromatic heterocycles. The van der Waals surface area contributed by atoms with Crippen molar-refractivity contribution in [2.75, 3.05) is 0 Å². The van der Waals surface area contributed by atoms with Gasteiger partial charge in [0.25, 0.3) is 5.91 Å². The van der Waals surface area contributed by atoms with Gasteiger partial charge < -0.3 is 4.57 Å². The van der Waals surface area contributed by atoms with Gasteiger partial charge in [0, 0.05) is 12.6 Å². The van der Waals surface area contributed by atoms with Gasteiger partial charge in [-0.15, -0.1) is 0 Å². The fraction of sp³-hybridized carbons (Fsp3) is 0.176. The van der Waals surface area contributed by atoms with Crippen molar-refractivity contribution in [2.24, 2.45) is 12.0 Å². The molecule has 0 fully saturated rings. The highest BCUT2D eigenvalue weighted by Crippen LogP contribution is 2.18. The first-order chi connectivity index (χ1) is 10.6. The van der Waals surface area contributed by atoms with Crippen LogP contribution in [0.2, 0.25) is 0 Å². The van der Waals surface area contributed by atoms with Gasteiger partial charge in [-0.05, 0) is 42.3 Å². The lowest BCUT2D eigenvalue weighted by atomic mass is 10.2. The molecular formula is C17H15FN2OS. The van der Waals surface area contributed by atoms with Crippen molar-refractivity contribution in [1.82, 2.24) is 4.57 Å². The number of aromatic nitrogens is 1. The van der Waals surface area contributed by atoms with E-state index in [2.05, 4.69) is 24.0 Å². The quantitative estimate of drug-likeness (QED) is 0.710. The minimum atomic E-state index is -0.436. The maximum Gasteiger partial charge on any atom is 0.279 e. The van der Waals surface area contributed by atoms with Crippen LogP contribution in [0.4, 0.5) is 4.39 Å². The Labute approximate surface area is 131 Å². The second-order valence-electron chi connectivity index (χ2n) is 5.03. The maximum absolute atomic E-state index is 13.2. The van der Waals surface area contributed by atoms with E-state index in [0.29, 0.717) is 4.80 Å². The lowest BCUT2D eigenvalue weighted by molar-refractivity contribution is 0.0997. The zero-order valence-electron chi connectivity index (χ0n) is 12.3. The van der Waals surface area contributed by atoms with Gasteiger partial charge in [-0.1, -0.05) is 30.4 Å². The Bertz CT molecular complexity index is 924. The van der Waals surface area contributed by atoms with Gasteiger partial charge >= 0.3 is 0 Å². The van der Waals surface area contributed by atoms with Crippen LogP contribution in [0.25, 0.3) is 10.2 Å². The Morgan fingerprint density at radius 3 is 2.82 bits per heavy atom. The summed E-state index contributed by atoms with van der Waals surface area (Å²) in [7, 11) is 1.88. The van der Waals surface area contributed by atoms with E-state index in [-0.39, 0.29) is 5.56 Å². The normalized spacial score (nSPS) is 12.0. The SMILES string of the molecule is CCc1ccc2c(c1)sc(=NC(=O)c1cccc(F)c1)n2C. The van der Waals surface area contributed by atoms with Crippen LogP contribution in [0, 0.1) is 5.82 Å². The first-order valence-electron chi connectivity index (χ1n) is 7.01. The smallest absolute Gasteiger partial charge is 0.279 e. The molecule has 1 heterocycles. The molecule has 3 rings (SSSR count). The van der Waals surface area contributed by atoms with Crippen molar-refractivity contribution < 1.29 is 9.18 Å². The van der Waals surface area contributed by atoms with Crippen molar-refractivity contribution in [2.45, 2.75) is 13.3 Å². The lowest BCUT2D eigenvalue weighted by Gasteiger charge is -1.98. The zero-order valence-corrected chi connectivity index (χ0v) is 13.2. The molecule has 22 heavy (non-hydrogen) atoms. The first kappa shape index (κ1) is 14.7. The molecule has 1 amide bonds. The number of thiazole rings is 1. The topological polar surface area (TPSA) is 34.4 Å². The van der Waals surface area contributed by atoms with Crippen molar-refractivity contribution in [3.63, 3.8) is 0 Å². The summed E-state index contributed by atoms with van der Waals surface area (Å²) in [6, 6.07) is 11.8. The molecule has 0 bridgehead atoms. The summed E-state index contributed by atoms with van der Waals surface area (Å²) in [4.78, 5) is 16.9. The number of fused-ring (bicyclic) bond motifs is 1. The van der Waals surface area contributed by atoms with Crippen molar-refractivity contribution in [1.29, 1.82) is 0 Å². The van der Waals surface area contributed by atoms with E-state index in [1.807, 2.05) is 17.7 Å². The third-order valence-corrected chi connectivity index (χ3v) is 4.65. The molecule has 0 spiro atoms. The highest BCUT2D eigenvalue weighted by molar-refractivity contribution is 7.16. The van der Waals surface area contributed by atoms with Crippen LogP contribution in [-0.2, 0) is 13.5 Å². The Balaban J connectivity index is 2.09. The second-order valence-corrected chi connectivity index (χ2v) is 6.04. The molecule has 0 saturated heterocycles. The molecule has 0 unspecified atom stereocenters. The zero-order chi connectivity index (χ0) is 15.7. The van der Waals surface area contributed by atoms with Gasteiger partial charge in [-0.25, -0.2) is 4.39 Å². The van der Waals surface area contributed by atoms with E-state index in [4.69, 9.17) is 0 Å². The van der Waals surface area contributed by atoms with Crippen LogP contribution < -0.4 is 4.80 Å². The van der Waals surface area contributed by atoms with E-state index >= 15 is 0 Å². The highest BCUT2D eigenvalue weighted by Gasteiger charge is 2.08. The third kappa shape index (κ3) is 2.72. The van der Waals surface area contributed by atoms with E-state index in [9.17, 15) is 9.18 Å². The summed E-state index contributed by atoms with van der Waals surface area (Å²) >= 11 is 1.46. The minimum Gasteiger partial charge on any atom is -0.319 e. The lowest BCUT2D eigenvalue weighted by Crippen LogP contribution is -2.13. The number of aryl methyl sites for hydroxylation is 2. The molecule has 112 valence electrons. The number of benzene rings is 2. The van der Waals surface area contributed by atoms with E-state index in [1.165, 1.54) is 35.1 Å². The van der Waals surface area contributed by atoms with E-state index in [1.54, 1.807) is 6.07 Å². The molecule has 0 N–H and O–H groups in total. The first-order valence-corrected chi connectivity index (χ1v) is 7.83. The maximum atomic E-state index is 13.2. The molecule has 3 nitrogen and oxygen atoms in total. The average Bonchev–Trinajstić information content (AvgIpc) is 2.82. The summed E-state index contributed by atoms with van der Waals surface area (Å²) < 4.78 is 16.2. The van der Waals surface area contributed by atoms with Crippen LogP contribution in [-0.4, -0.2) is 10.5 Å². The Morgan fingerprint density at radius 2 is 2.09 bits per heavy atom. The number of carbonyl (C=O) groups is 1. The molecular weight excluding hydrogens is 299 g/mol. The van der Waals surface area contributed by atoms with Crippen LogP contribution >= 0.6 is 11.3 Å². The van der Waals surface area contributed by atoms with Gasteiger partial charge in [0.15, 0.2) is 4.80 Å². The molecule has 5 heteroatoms. The Kier molecular flexibility index (Phi) is 3.90. The number of carbonyl (C=O) groups excluding carboxylic acids is 1. The molecule has 0 radical (unpaired) electrons. The van der Waals surface area contributed by atoms with Crippen molar-refractivity contribution in [3.8, 4) is 0 Å². The molecule has 0 atom stereocenters. The standard InChI is InChI=1S/C17H15FN2OS/c1-3-11-7-8-14-15(9-11)22-17(20(14)2)19-16(21)12-5-4-6-13(18)10-12/h4-10H,3H2,1-2H3. The largest absolute Gasteiger partial charge is 0.319 e. The van der Waals surface area contributed by atoms with Crippen LogP contribution in [0.5, 0.6) is 0 Å². The van der Waals surface area contributed by atoms with Crippen molar-refractivity contribution >= 4 is 27.5 Å². The van der Waals surface area contributed by atoms with Gasteiger partial charge in [-0.2, -0.15) is 4.99 Å². The van der Waals surface area contributed by atoms with Crippen LogP contribution in [0.3, 0.4) is 0 Å². The van der Waals surface area contributed by atoms with E-state index < -0.39 is 11.7 Å². The number of hydrogen-bond acceptors (Lipinski definition) is 2. The second kappa shape index (κ2) is 5.85. The number of hydrogen-bond donors (Lipinski definition) is 0. The van der Waals surface area contributed by atoms with Gasteiger partial charge in [0.05, 0.1) is 10.2 Å². The fourth-order valence-corrected chi connectivity index (χ4v) is 3.36. The molecule has 0 aliphatic heterocycles. The number of nitrogens with zero attached hydrogens (tertiary/aromatic N) is 2. The van der Waals surface area contributed by atoms with Crippen molar-refractivity contribution in [3.05, 3.63) is 64.2 Å². The molecule has 0 aliphatic carbocycles. The highest BCUT2D eigenvalue weighted by atomic mass is 32.1. The number of rotatable bonds is 2. The fourth-order valence-electron chi connectivity index (χ4n) is 2.28. The van der Waals surface area contributed by atoms with Gasteiger partial charge in [0.2, 0.25) is 0 Å². The predicted octanol–water partition coefficient (Wildman–Crippen LogP) is 3.68. The van der Waals surface area contributed by atoms with Crippen LogP contribution in [0.15, 0.2) is 47.5 Å². The summed E-state index contributed by atoms with van der Waals surface area (Å²) in [5.41, 5.74) is 2.54. The summed E-state index contributed by atoms with van der Waals surface area (Å²) in [5.74, 6) is -0.869. The monoisotopic (exact) mass is 314 g/mol. The molecule has 2 aromatic carbocycles. The Hall–Kier alpha value is -2.27. The molecule has 0 saturated carbocycles. The summed E-state index contributed by atoms with van der Waals surface area (Å²) in [6.07, 6.45) is 0.965. The number of amides is 1. The van der Waals surface area contributed by atoms with Gasteiger partial charge in [0.1, 0.15) is 5.82 Å². The minimum absolute atomic E-state index is 0.256. The third-order valence-electron chi connectivity index (χ3n) is 3.55. The Morgan fingerprint density at radius 1 is 1.27 bits per heavy atom.